The van der Waals surface area contributed by atoms with Crippen molar-refractivity contribution in [3.63, 3.8) is 0 Å². The molecule has 0 bridgehead atoms. The summed E-state index contributed by atoms with van der Waals surface area (Å²) < 4.78 is 0. The van der Waals surface area contributed by atoms with Crippen molar-refractivity contribution in [1.82, 2.24) is 0 Å². The molecule has 0 aromatic heterocycles. The van der Waals surface area contributed by atoms with Gasteiger partial charge in [-0.25, -0.2) is 0 Å². The summed E-state index contributed by atoms with van der Waals surface area (Å²) in [6.07, 6.45) is 11.0. The first kappa shape index (κ1) is 13.1. The second-order valence-corrected chi connectivity index (χ2v) is 3.77. The molecule has 0 saturated heterocycles. The number of aldehydes is 1. The molecule has 0 radical (unpaired) electrons. The van der Waals surface area contributed by atoms with Crippen molar-refractivity contribution in [3.05, 3.63) is 35.4 Å². The van der Waals surface area contributed by atoms with Crippen molar-refractivity contribution in [2.75, 3.05) is 0 Å². The van der Waals surface area contributed by atoms with Gasteiger partial charge in [0.25, 0.3) is 0 Å². The van der Waals surface area contributed by atoms with Crippen LogP contribution in [0.4, 0.5) is 0 Å². The summed E-state index contributed by atoms with van der Waals surface area (Å²) in [5.41, 5.74) is 1.47. The van der Waals surface area contributed by atoms with Gasteiger partial charge in [-0.1, -0.05) is 36.5 Å². The Kier molecular flexibility index (Phi) is 6.30. The molecule has 0 aliphatic carbocycles. The summed E-state index contributed by atoms with van der Waals surface area (Å²) in [5, 5.41) is 0. The van der Waals surface area contributed by atoms with E-state index in [1.807, 2.05) is 18.2 Å². The Bertz CT molecular complexity index is 454. The van der Waals surface area contributed by atoms with Gasteiger partial charge < -0.3 is 0 Å². The first-order chi connectivity index (χ1) is 8.38. The molecule has 1 aromatic rings. The average Bonchev–Trinajstić information content (AvgIpc) is 2.38. The number of carbonyl (C=O) groups excluding carboxylic acids is 1. The number of benzene rings is 1. The Morgan fingerprint density at radius 2 is 1.88 bits per heavy atom. The molecule has 86 valence electrons. The number of hydrogen-bond acceptors (Lipinski definition) is 1. The minimum absolute atomic E-state index is 0.660. The number of terminal acetylenes is 1. The highest BCUT2D eigenvalue weighted by molar-refractivity contribution is 5.79. The molecule has 1 rings (SSSR count). The van der Waals surface area contributed by atoms with Gasteiger partial charge in [0.2, 0.25) is 0 Å². The van der Waals surface area contributed by atoms with E-state index in [0.717, 1.165) is 44.0 Å². The Labute approximate surface area is 103 Å². The zero-order valence-corrected chi connectivity index (χ0v) is 9.91. The van der Waals surface area contributed by atoms with E-state index in [4.69, 9.17) is 6.42 Å². The quantitative estimate of drug-likeness (QED) is 0.425. The first-order valence-electron chi connectivity index (χ1n) is 5.85. The maximum atomic E-state index is 10.7. The molecular formula is C16H16O. The maximum absolute atomic E-state index is 10.7. The molecule has 0 heterocycles. The van der Waals surface area contributed by atoms with Crippen LogP contribution in [0.3, 0.4) is 0 Å². The van der Waals surface area contributed by atoms with Crippen LogP contribution < -0.4 is 0 Å². The lowest BCUT2D eigenvalue weighted by Crippen LogP contribution is -1.85. The minimum Gasteiger partial charge on any atom is -0.298 e. The molecule has 17 heavy (non-hydrogen) atoms. The van der Waals surface area contributed by atoms with E-state index < -0.39 is 0 Å². The van der Waals surface area contributed by atoms with Gasteiger partial charge in [-0.05, 0) is 18.9 Å². The minimum atomic E-state index is 0.660. The molecule has 0 spiro atoms. The predicted molar refractivity (Wildman–Crippen MR) is 70.6 cm³/mol. The van der Waals surface area contributed by atoms with E-state index in [2.05, 4.69) is 17.8 Å². The average molecular weight is 224 g/mol. The van der Waals surface area contributed by atoms with Gasteiger partial charge >= 0.3 is 0 Å². The summed E-state index contributed by atoms with van der Waals surface area (Å²) >= 11 is 0. The van der Waals surface area contributed by atoms with E-state index in [1.54, 1.807) is 6.07 Å². The first-order valence-corrected chi connectivity index (χ1v) is 5.85. The number of unbranched alkanes of at least 4 members (excludes halogenated alkanes) is 4. The largest absolute Gasteiger partial charge is 0.298 e. The molecule has 1 aromatic carbocycles. The molecule has 0 N–H and O–H groups in total. The fourth-order valence-electron chi connectivity index (χ4n) is 1.49. The van der Waals surface area contributed by atoms with Crippen LogP contribution in [-0.2, 0) is 0 Å². The molecule has 0 amide bonds. The van der Waals surface area contributed by atoms with E-state index in [9.17, 15) is 4.79 Å². The normalized spacial score (nSPS) is 8.88. The monoisotopic (exact) mass is 224 g/mol. The number of carbonyl (C=O) groups is 1. The SMILES string of the molecule is C#CCCCCCC#Cc1ccccc1C=O. The van der Waals surface area contributed by atoms with Crippen LogP contribution in [-0.4, -0.2) is 6.29 Å². The van der Waals surface area contributed by atoms with E-state index in [1.165, 1.54) is 0 Å². The Balaban J connectivity index is 2.39. The summed E-state index contributed by atoms with van der Waals surface area (Å²) in [7, 11) is 0. The van der Waals surface area contributed by atoms with Crippen LogP contribution in [0, 0.1) is 24.2 Å². The predicted octanol–water partition coefficient (Wildman–Crippen LogP) is 3.43. The third-order valence-corrected chi connectivity index (χ3v) is 2.43. The molecule has 1 nitrogen and oxygen atoms in total. The summed E-state index contributed by atoms with van der Waals surface area (Å²) in [5.74, 6) is 8.75. The number of hydrogen-bond donors (Lipinski definition) is 0. The smallest absolute Gasteiger partial charge is 0.151 e. The highest BCUT2D eigenvalue weighted by Gasteiger charge is 1.94. The van der Waals surface area contributed by atoms with Crippen LogP contribution in [0.25, 0.3) is 0 Å². The van der Waals surface area contributed by atoms with Gasteiger partial charge in [0.1, 0.15) is 0 Å². The number of rotatable bonds is 5. The summed E-state index contributed by atoms with van der Waals surface area (Å²) in [6.45, 7) is 0. The van der Waals surface area contributed by atoms with Crippen LogP contribution in [0.15, 0.2) is 24.3 Å². The lowest BCUT2D eigenvalue weighted by molar-refractivity contribution is 0.112. The lowest BCUT2D eigenvalue weighted by atomic mass is 10.1. The third kappa shape index (κ3) is 5.05. The van der Waals surface area contributed by atoms with Gasteiger partial charge in [0.05, 0.1) is 0 Å². The second-order valence-electron chi connectivity index (χ2n) is 3.77. The molecule has 0 aliphatic heterocycles. The van der Waals surface area contributed by atoms with Crippen molar-refractivity contribution < 1.29 is 4.79 Å². The van der Waals surface area contributed by atoms with E-state index >= 15 is 0 Å². The highest BCUT2D eigenvalue weighted by atomic mass is 16.1. The van der Waals surface area contributed by atoms with E-state index in [-0.39, 0.29) is 0 Å². The third-order valence-electron chi connectivity index (χ3n) is 2.43. The van der Waals surface area contributed by atoms with Crippen LogP contribution in [0.2, 0.25) is 0 Å². The van der Waals surface area contributed by atoms with E-state index in [0.29, 0.717) is 5.56 Å². The maximum Gasteiger partial charge on any atom is 0.151 e. The Morgan fingerprint density at radius 3 is 2.65 bits per heavy atom. The lowest BCUT2D eigenvalue weighted by Gasteiger charge is -1.94. The highest BCUT2D eigenvalue weighted by Crippen LogP contribution is 2.05. The van der Waals surface area contributed by atoms with Gasteiger partial charge in [-0.3, -0.25) is 4.79 Å². The Hall–Kier alpha value is -1.99. The van der Waals surface area contributed by atoms with Crippen molar-refractivity contribution in [2.45, 2.75) is 32.1 Å². The molecule has 0 aliphatic rings. The molecule has 1 heteroatoms. The molecular weight excluding hydrogens is 208 g/mol. The fraction of sp³-hybridized carbons (Fsp3) is 0.312. The van der Waals surface area contributed by atoms with Crippen molar-refractivity contribution >= 4 is 6.29 Å². The fourth-order valence-corrected chi connectivity index (χ4v) is 1.49. The zero-order valence-electron chi connectivity index (χ0n) is 9.91. The van der Waals surface area contributed by atoms with Crippen LogP contribution in [0.1, 0.15) is 48.0 Å². The second kappa shape index (κ2) is 8.20. The molecule has 0 atom stereocenters. The standard InChI is InChI=1S/C16H16O/c1-2-3-4-5-6-7-8-11-15-12-9-10-13-16(15)14-17/h1,9-10,12-14H,3-7H2. The molecule has 0 saturated carbocycles. The van der Waals surface area contributed by atoms with Crippen molar-refractivity contribution in [3.8, 4) is 24.2 Å². The topological polar surface area (TPSA) is 17.1 Å². The summed E-state index contributed by atoms with van der Waals surface area (Å²) in [4.78, 5) is 10.7. The van der Waals surface area contributed by atoms with Gasteiger partial charge in [0, 0.05) is 24.0 Å². The summed E-state index contributed by atoms with van der Waals surface area (Å²) in [6, 6.07) is 7.39. The van der Waals surface area contributed by atoms with Gasteiger partial charge in [-0.15, -0.1) is 12.3 Å². The van der Waals surface area contributed by atoms with Gasteiger partial charge in [-0.2, -0.15) is 0 Å². The van der Waals surface area contributed by atoms with Crippen LogP contribution >= 0.6 is 0 Å². The van der Waals surface area contributed by atoms with Crippen molar-refractivity contribution in [1.29, 1.82) is 0 Å². The van der Waals surface area contributed by atoms with Gasteiger partial charge in [0.15, 0.2) is 6.29 Å². The Morgan fingerprint density at radius 1 is 1.12 bits per heavy atom. The molecule has 0 unspecified atom stereocenters. The van der Waals surface area contributed by atoms with Crippen LogP contribution in [0.5, 0.6) is 0 Å². The molecule has 0 fully saturated rings. The van der Waals surface area contributed by atoms with Crippen molar-refractivity contribution in [2.24, 2.45) is 0 Å². The zero-order chi connectivity index (χ0) is 12.3.